The highest BCUT2D eigenvalue weighted by molar-refractivity contribution is 5.24. The first kappa shape index (κ1) is 14.5. The molecule has 106 valence electrons. The van der Waals surface area contributed by atoms with E-state index in [4.69, 9.17) is 4.74 Å². The Kier molecular flexibility index (Phi) is 5.41. The molecule has 1 N–H and O–H groups in total. The quantitative estimate of drug-likeness (QED) is 0.872. The van der Waals surface area contributed by atoms with Crippen LogP contribution in [0, 0.1) is 5.92 Å². The maximum atomic E-state index is 5.44. The average Bonchev–Trinajstić information content (AvgIpc) is 2.48. The summed E-state index contributed by atoms with van der Waals surface area (Å²) in [6, 6.07) is 9.98. The molecule has 2 atom stereocenters. The highest BCUT2D eigenvalue weighted by atomic mass is 16.5. The van der Waals surface area contributed by atoms with Gasteiger partial charge in [0.25, 0.3) is 0 Å². The zero-order valence-electron chi connectivity index (χ0n) is 12.5. The molecule has 0 radical (unpaired) electrons. The first-order valence-corrected chi connectivity index (χ1v) is 7.63. The van der Waals surface area contributed by atoms with Crippen molar-refractivity contribution in [1.82, 2.24) is 5.32 Å². The molecule has 19 heavy (non-hydrogen) atoms. The second-order valence-electron chi connectivity index (χ2n) is 5.72. The largest absolute Gasteiger partial charge is 0.381 e. The molecule has 0 bridgehead atoms. The molecule has 1 aromatic carbocycles. The molecule has 1 saturated heterocycles. The number of rotatable bonds is 5. The van der Waals surface area contributed by atoms with Gasteiger partial charge in [-0.05, 0) is 50.2 Å². The minimum Gasteiger partial charge on any atom is -0.381 e. The molecular weight excluding hydrogens is 234 g/mol. The first-order chi connectivity index (χ1) is 9.20. The van der Waals surface area contributed by atoms with Crippen LogP contribution in [0.2, 0.25) is 0 Å². The van der Waals surface area contributed by atoms with Gasteiger partial charge < -0.3 is 10.1 Å². The lowest BCUT2D eigenvalue weighted by atomic mass is 9.92. The standard InChI is InChI=1S/C17H27NO/c1-4-15-5-7-16(8-6-15)13(2)18-14(3)17-9-11-19-12-10-17/h5-8,13-14,17-18H,4,9-12H2,1-3H3. The zero-order chi connectivity index (χ0) is 13.7. The average molecular weight is 261 g/mol. The van der Waals surface area contributed by atoms with Crippen LogP contribution in [0.15, 0.2) is 24.3 Å². The maximum absolute atomic E-state index is 5.44. The highest BCUT2D eigenvalue weighted by Crippen LogP contribution is 2.22. The van der Waals surface area contributed by atoms with Crippen LogP contribution in [0.1, 0.15) is 50.8 Å². The zero-order valence-corrected chi connectivity index (χ0v) is 12.5. The van der Waals surface area contributed by atoms with Gasteiger partial charge in [-0.2, -0.15) is 0 Å². The molecular formula is C17H27NO. The normalized spacial score (nSPS) is 20.2. The number of benzene rings is 1. The number of ether oxygens (including phenoxy) is 1. The summed E-state index contributed by atoms with van der Waals surface area (Å²) in [6.07, 6.45) is 3.49. The Morgan fingerprint density at radius 1 is 1.16 bits per heavy atom. The molecule has 2 rings (SSSR count). The van der Waals surface area contributed by atoms with Crippen LogP contribution in [0.4, 0.5) is 0 Å². The lowest BCUT2D eigenvalue weighted by Crippen LogP contribution is -2.38. The Hall–Kier alpha value is -0.860. The molecule has 1 aliphatic heterocycles. The Labute approximate surface area is 117 Å². The molecule has 2 unspecified atom stereocenters. The maximum Gasteiger partial charge on any atom is 0.0469 e. The van der Waals surface area contributed by atoms with Gasteiger partial charge in [0.15, 0.2) is 0 Å². The number of hydrogen-bond donors (Lipinski definition) is 1. The summed E-state index contributed by atoms with van der Waals surface area (Å²) >= 11 is 0. The summed E-state index contributed by atoms with van der Waals surface area (Å²) in [5, 5.41) is 3.75. The summed E-state index contributed by atoms with van der Waals surface area (Å²) < 4.78 is 5.44. The molecule has 0 amide bonds. The molecule has 0 aliphatic carbocycles. The molecule has 1 aliphatic rings. The predicted molar refractivity (Wildman–Crippen MR) is 80.4 cm³/mol. The van der Waals surface area contributed by atoms with Gasteiger partial charge in [-0.3, -0.25) is 0 Å². The fourth-order valence-corrected chi connectivity index (χ4v) is 2.88. The fourth-order valence-electron chi connectivity index (χ4n) is 2.88. The van der Waals surface area contributed by atoms with Crippen LogP contribution in [0.5, 0.6) is 0 Å². The number of nitrogens with one attached hydrogen (secondary N) is 1. The molecule has 2 nitrogen and oxygen atoms in total. The van der Waals surface area contributed by atoms with E-state index in [1.165, 1.54) is 24.0 Å². The van der Waals surface area contributed by atoms with Crippen LogP contribution in [0.25, 0.3) is 0 Å². The van der Waals surface area contributed by atoms with Gasteiger partial charge in [0, 0.05) is 25.3 Å². The van der Waals surface area contributed by atoms with E-state index in [-0.39, 0.29) is 0 Å². The van der Waals surface area contributed by atoms with E-state index in [9.17, 15) is 0 Å². The Balaban J connectivity index is 1.89. The van der Waals surface area contributed by atoms with Gasteiger partial charge in [0.2, 0.25) is 0 Å². The van der Waals surface area contributed by atoms with E-state index in [2.05, 4.69) is 50.4 Å². The van der Waals surface area contributed by atoms with Crippen molar-refractivity contribution in [2.24, 2.45) is 5.92 Å². The van der Waals surface area contributed by atoms with E-state index in [1.807, 2.05) is 0 Å². The van der Waals surface area contributed by atoms with Crippen molar-refractivity contribution in [3.63, 3.8) is 0 Å². The molecule has 0 aromatic heterocycles. The third kappa shape index (κ3) is 4.05. The summed E-state index contributed by atoms with van der Waals surface area (Å²) in [4.78, 5) is 0. The van der Waals surface area contributed by atoms with Crippen LogP contribution in [0.3, 0.4) is 0 Å². The first-order valence-electron chi connectivity index (χ1n) is 7.63. The van der Waals surface area contributed by atoms with Gasteiger partial charge in [-0.15, -0.1) is 0 Å². The highest BCUT2D eigenvalue weighted by Gasteiger charge is 2.21. The fraction of sp³-hybridized carbons (Fsp3) is 0.647. The SMILES string of the molecule is CCc1ccc(C(C)NC(C)C2CCOCC2)cc1. The smallest absolute Gasteiger partial charge is 0.0469 e. The topological polar surface area (TPSA) is 21.3 Å². The van der Waals surface area contributed by atoms with Crippen molar-refractivity contribution in [1.29, 1.82) is 0 Å². The van der Waals surface area contributed by atoms with Crippen molar-refractivity contribution in [3.8, 4) is 0 Å². The summed E-state index contributed by atoms with van der Waals surface area (Å²) in [6.45, 7) is 8.63. The van der Waals surface area contributed by atoms with Gasteiger partial charge >= 0.3 is 0 Å². The van der Waals surface area contributed by atoms with Gasteiger partial charge in [0.1, 0.15) is 0 Å². The Morgan fingerprint density at radius 3 is 2.37 bits per heavy atom. The third-order valence-corrected chi connectivity index (χ3v) is 4.37. The summed E-state index contributed by atoms with van der Waals surface area (Å²) in [5.41, 5.74) is 2.80. The van der Waals surface area contributed by atoms with Crippen molar-refractivity contribution in [2.45, 2.75) is 52.1 Å². The van der Waals surface area contributed by atoms with E-state index in [0.29, 0.717) is 12.1 Å². The van der Waals surface area contributed by atoms with E-state index in [0.717, 1.165) is 25.6 Å². The molecule has 0 saturated carbocycles. The Bertz CT molecular complexity index is 367. The third-order valence-electron chi connectivity index (χ3n) is 4.37. The van der Waals surface area contributed by atoms with Crippen molar-refractivity contribution in [3.05, 3.63) is 35.4 Å². The molecule has 0 spiro atoms. The van der Waals surface area contributed by atoms with Gasteiger partial charge in [-0.1, -0.05) is 31.2 Å². The van der Waals surface area contributed by atoms with Crippen LogP contribution in [-0.4, -0.2) is 19.3 Å². The lowest BCUT2D eigenvalue weighted by Gasteiger charge is -2.31. The number of hydrogen-bond acceptors (Lipinski definition) is 2. The van der Waals surface area contributed by atoms with Gasteiger partial charge in [0.05, 0.1) is 0 Å². The lowest BCUT2D eigenvalue weighted by molar-refractivity contribution is 0.0547. The molecule has 2 heteroatoms. The monoisotopic (exact) mass is 261 g/mol. The van der Waals surface area contributed by atoms with Gasteiger partial charge in [-0.25, -0.2) is 0 Å². The van der Waals surface area contributed by atoms with E-state index in [1.54, 1.807) is 0 Å². The summed E-state index contributed by atoms with van der Waals surface area (Å²) in [5.74, 6) is 0.756. The summed E-state index contributed by atoms with van der Waals surface area (Å²) in [7, 11) is 0. The van der Waals surface area contributed by atoms with Crippen molar-refractivity contribution >= 4 is 0 Å². The van der Waals surface area contributed by atoms with Crippen LogP contribution < -0.4 is 5.32 Å². The molecule has 1 aromatic rings. The Morgan fingerprint density at radius 2 is 1.79 bits per heavy atom. The number of aryl methyl sites for hydroxylation is 1. The molecule has 1 heterocycles. The van der Waals surface area contributed by atoms with Crippen LogP contribution in [-0.2, 0) is 11.2 Å². The van der Waals surface area contributed by atoms with E-state index >= 15 is 0 Å². The molecule has 1 fully saturated rings. The predicted octanol–water partition coefficient (Wildman–Crippen LogP) is 3.71. The van der Waals surface area contributed by atoms with E-state index < -0.39 is 0 Å². The van der Waals surface area contributed by atoms with Crippen molar-refractivity contribution in [2.75, 3.05) is 13.2 Å². The second-order valence-corrected chi connectivity index (χ2v) is 5.72. The minimum atomic E-state index is 0.420. The van der Waals surface area contributed by atoms with Crippen molar-refractivity contribution < 1.29 is 4.74 Å². The second kappa shape index (κ2) is 7.06. The minimum absolute atomic E-state index is 0.420. The van der Waals surface area contributed by atoms with Crippen LogP contribution >= 0.6 is 0 Å².